The Bertz CT molecular complexity index is 169. The lowest BCUT2D eigenvalue weighted by Gasteiger charge is -2.38. The van der Waals surface area contributed by atoms with Gasteiger partial charge in [0.25, 0.3) is 0 Å². The molecule has 0 spiro atoms. The third kappa shape index (κ3) is 1.80. The molecular weight excluding hydrogens is 148 g/mol. The number of hydrogen-bond acceptors (Lipinski definition) is 2. The molecule has 0 aromatic rings. The molecular formula is C10H20N2. The van der Waals surface area contributed by atoms with Gasteiger partial charge in [0.1, 0.15) is 0 Å². The summed E-state index contributed by atoms with van der Waals surface area (Å²) in [5, 5.41) is 3.51. The first-order chi connectivity index (χ1) is 5.62. The molecule has 0 heterocycles. The zero-order chi connectivity index (χ0) is 8.66. The van der Waals surface area contributed by atoms with E-state index in [1.807, 2.05) is 0 Å². The highest BCUT2D eigenvalue weighted by atomic mass is 15.0. The van der Waals surface area contributed by atoms with E-state index in [4.69, 9.17) is 5.73 Å². The second kappa shape index (κ2) is 2.71. The van der Waals surface area contributed by atoms with Crippen LogP contribution in [0.5, 0.6) is 0 Å². The molecule has 2 aliphatic rings. The Hall–Kier alpha value is -0.0800. The first-order valence-electron chi connectivity index (χ1n) is 5.12. The van der Waals surface area contributed by atoms with Crippen molar-refractivity contribution in [2.75, 3.05) is 13.1 Å². The predicted molar refractivity (Wildman–Crippen MR) is 51.0 cm³/mol. The maximum atomic E-state index is 5.97. The molecule has 12 heavy (non-hydrogen) atoms. The topological polar surface area (TPSA) is 38.0 Å². The van der Waals surface area contributed by atoms with Crippen LogP contribution in [0.2, 0.25) is 0 Å². The van der Waals surface area contributed by atoms with Crippen molar-refractivity contribution in [2.24, 2.45) is 11.1 Å². The highest BCUT2D eigenvalue weighted by Gasteiger charge is 2.38. The second-order valence-corrected chi connectivity index (χ2v) is 5.13. The van der Waals surface area contributed by atoms with E-state index < -0.39 is 0 Å². The molecule has 2 heteroatoms. The lowest BCUT2D eigenvalue weighted by molar-refractivity contribution is 0.156. The van der Waals surface area contributed by atoms with Crippen LogP contribution >= 0.6 is 0 Å². The van der Waals surface area contributed by atoms with Crippen LogP contribution in [-0.4, -0.2) is 18.6 Å². The Kier molecular flexibility index (Phi) is 1.92. The fourth-order valence-electron chi connectivity index (χ4n) is 1.91. The fourth-order valence-corrected chi connectivity index (χ4v) is 1.91. The van der Waals surface area contributed by atoms with Gasteiger partial charge in [0.2, 0.25) is 0 Å². The van der Waals surface area contributed by atoms with Crippen molar-refractivity contribution in [2.45, 2.75) is 44.6 Å². The van der Waals surface area contributed by atoms with Crippen LogP contribution in [0.4, 0.5) is 0 Å². The first kappa shape index (κ1) is 8.52. The molecule has 0 unspecified atom stereocenters. The van der Waals surface area contributed by atoms with Gasteiger partial charge in [-0.3, -0.25) is 0 Å². The zero-order valence-corrected chi connectivity index (χ0v) is 8.03. The Morgan fingerprint density at radius 2 is 1.83 bits per heavy atom. The smallest absolute Gasteiger partial charge is 0.0282 e. The van der Waals surface area contributed by atoms with Gasteiger partial charge in [0.05, 0.1) is 0 Å². The second-order valence-electron chi connectivity index (χ2n) is 5.13. The molecule has 0 saturated heterocycles. The molecule has 2 saturated carbocycles. The molecule has 0 bridgehead atoms. The monoisotopic (exact) mass is 168 g/mol. The van der Waals surface area contributed by atoms with Crippen molar-refractivity contribution in [1.29, 1.82) is 0 Å². The number of nitrogens with one attached hydrogen (secondary N) is 1. The summed E-state index contributed by atoms with van der Waals surface area (Å²) < 4.78 is 0. The van der Waals surface area contributed by atoms with Crippen LogP contribution in [0.25, 0.3) is 0 Å². The minimum absolute atomic E-state index is 0.181. The average Bonchev–Trinajstić information content (AvgIpc) is 2.65. The standard InChI is InChI=1S/C10H20N2/c1-9(3-2-4-9)7-12-8-10(11)5-6-10/h12H,2-8,11H2,1H3. The summed E-state index contributed by atoms with van der Waals surface area (Å²) >= 11 is 0. The molecule has 2 rings (SSSR count). The molecule has 2 fully saturated rings. The molecule has 0 aromatic carbocycles. The van der Waals surface area contributed by atoms with Crippen molar-refractivity contribution in [1.82, 2.24) is 5.32 Å². The van der Waals surface area contributed by atoms with E-state index in [0.717, 1.165) is 6.54 Å². The summed E-state index contributed by atoms with van der Waals surface area (Å²) in [6.07, 6.45) is 6.66. The van der Waals surface area contributed by atoms with Gasteiger partial charge in [0, 0.05) is 18.6 Å². The maximum Gasteiger partial charge on any atom is 0.0282 e. The van der Waals surface area contributed by atoms with Crippen LogP contribution in [-0.2, 0) is 0 Å². The fraction of sp³-hybridized carbons (Fsp3) is 1.00. The Labute approximate surface area is 74.9 Å². The normalized spacial score (nSPS) is 29.5. The van der Waals surface area contributed by atoms with Crippen LogP contribution in [0.1, 0.15) is 39.0 Å². The van der Waals surface area contributed by atoms with Crippen molar-refractivity contribution in [3.8, 4) is 0 Å². The lowest BCUT2D eigenvalue weighted by Crippen LogP contribution is -2.43. The maximum absolute atomic E-state index is 5.97. The van der Waals surface area contributed by atoms with E-state index in [1.165, 1.54) is 38.6 Å². The van der Waals surface area contributed by atoms with E-state index in [2.05, 4.69) is 12.2 Å². The van der Waals surface area contributed by atoms with E-state index in [-0.39, 0.29) is 5.54 Å². The van der Waals surface area contributed by atoms with Gasteiger partial charge in [-0.2, -0.15) is 0 Å². The Morgan fingerprint density at radius 1 is 1.17 bits per heavy atom. The minimum Gasteiger partial charge on any atom is -0.324 e. The van der Waals surface area contributed by atoms with Crippen LogP contribution in [0, 0.1) is 5.41 Å². The zero-order valence-electron chi connectivity index (χ0n) is 8.03. The summed E-state index contributed by atoms with van der Waals surface area (Å²) in [7, 11) is 0. The van der Waals surface area contributed by atoms with E-state index in [1.54, 1.807) is 0 Å². The van der Waals surface area contributed by atoms with Gasteiger partial charge in [-0.25, -0.2) is 0 Å². The van der Waals surface area contributed by atoms with Crippen molar-refractivity contribution in [3.05, 3.63) is 0 Å². The van der Waals surface area contributed by atoms with Gasteiger partial charge in [-0.1, -0.05) is 13.3 Å². The lowest BCUT2D eigenvalue weighted by atomic mass is 9.70. The van der Waals surface area contributed by atoms with E-state index >= 15 is 0 Å². The van der Waals surface area contributed by atoms with Crippen molar-refractivity contribution < 1.29 is 0 Å². The molecule has 3 N–H and O–H groups in total. The molecule has 0 amide bonds. The van der Waals surface area contributed by atoms with Gasteiger partial charge < -0.3 is 11.1 Å². The van der Waals surface area contributed by atoms with Gasteiger partial charge in [-0.05, 0) is 31.1 Å². The van der Waals surface area contributed by atoms with Gasteiger partial charge >= 0.3 is 0 Å². The van der Waals surface area contributed by atoms with Crippen molar-refractivity contribution in [3.63, 3.8) is 0 Å². The molecule has 2 nitrogen and oxygen atoms in total. The third-order valence-electron chi connectivity index (χ3n) is 3.48. The number of hydrogen-bond donors (Lipinski definition) is 2. The first-order valence-corrected chi connectivity index (χ1v) is 5.12. The largest absolute Gasteiger partial charge is 0.324 e. The molecule has 70 valence electrons. The SMILES string of the molecule is CC1(CNCC2(N)CC2)CCC1. The Morgan fingerprint density at radius 3 is 2.25 bits per heavy atom. The number of rotatable bonds is 4. The van der Waals surface area contributed by atoms with E-state index in [0.29, 0.717) is 5.41 Å². The molecule has 2 aliphatic carbocycles. The van der Waals surface area contributed by atoms with Gasteiger partial charge in [-0.15, -0.1) is 0 Å². The number of nitrogens with two attached hydrogens (primary N) is 1. The summed E-state index contributed by atoms with van der Waals surface area (Å²) in [6, 6.07) is 0. The Balaban J connectivity index is 1.62. The molecule has 0 aliphatic heterocycles. The van der Waals surface area contributed by atoms with Crippen molar-refractivity contribution >= 4 is 0 Å². The van der Waals surface area contributed by atoms with E-state index in [9.17, 15) is 0 Å². The summed E-state index contributed by atoms with van der Waals surface area (Å²) in [5.41, 5.74) is 6.76. The minimum atomic E-state index is 0.181. The van der Waals surface area contributed by atoms with Crippen LogP contribution < -0.4 is 11.1 Å². The molecule has 0 aromatic heterocycles. The summed E-state index contributed by atoms with van der Waals surface area (Å²) in [6.45, 7) is 4.58. The van der Waals surface area contributed by atoms with Crippen LogP contribution in [0.3, 0.4) is 0 Å². The average molecular weight is 168 g/mol. The highest BCUT2D eigenvalue weighted by Crippen LogP contribution is 2.39. The van der Waals surface area contributed by atoms with Crippen LogP contribution in [0.15, 0.2) is 0 Å². The molecule has 0 radical (unpaired) electrons. The summed E-state index contributed by atoms with van der Waals surface area (Å²) in [5.74, 6) is 0. The summed E-state index contributed by atoms with van der Waals surface area (Å²) in [4.78, 5) is 0. The highest BCUT2D eigenvalue weighted by molar-refractivity contribution is 5.01. The quantitative estimate of drug-likeness (QED) is 0.663. The predicted octanol–water partition coefficient (Wildman–Crippen LogP) is 1.26. The molecule has 0 atom stereocenters. The van der Waals surface area contributed by atoms with Gasteiger partial charge in [0.15, 0.2) is 0 Å². The third-order valence-corrected chi connectivity index (χ3v) is 3.48.